The summed E-state index contributed by atoms with van der Waals surface area (Å²) in [6.45, 7) is 1.81. The SMILES string of the molecule is Cc1cc(-c2c(-c3ccc(F)cc3)nc(N)n3nc(Cc4ncccc4F)nc23)cc(Cl)n1. The lowest BCUT2D eigenvalue weighted by molar-refractivity contribution is 0.601. The Balaban J connectivity index is 1.77. The summed E-state index contributed by atoms with van der Waals surface area (Å²) in [6, 6.07) is 12.2. The lowest BCUT2D eigenvalue weighted by Gasteiger charge is -2.12. The van der Waals surface area contributed by atoms with Crippen LogP contribution in [-0.4, -0.2) is 29.5 Å². The summed E-state index contributed by atoms with van der Waals surface area (Å²) in [5.74, 6) is -0.439. The van der Waals surface area contributed by atoms with Crippen LogP contribution in [-0.2, 0) is 6.42 Å². The molecule has 10 heteroatoms. The zero-order chi connectivity index (χ0) is 23.1. The van der Waals surface area contributed by atoms with Gasteiger partial charge < -0.3 is 5.73 Å². The van der Waals surface area contributed by atoms with Crippen LogP contribution in [0.25, 0.3) is 28.0 Å². The summed E-state index contributed by atoms with van der Waals surface area (Å²) in [5, 5.41) is 4.72. The van der Waals surface area contributed by atoms with E-state index in [1.54, 1.807) is 18.2 Å². The van der Waals surface area contributed by atoms with Gasteiger partial charge in [0.2, 0.25) is 5.95 Å². The molecule has 7 nitrogen and oxygen atoms in total. The molecule has 0 spiro atoms. The fourth-order valence-electron chi connectivity index (χ4n) is 3.63. The highest BCUT2D eigenvalue weighted by atomic mass is 35.5. The molecule has 0 aliphatic heterocycles. The highest BCUT2D eigenvalue weighted by molar-refractivity contribution is 6.29. The van der Waals surface area contributed by atoms with Crippen LogP contribution in [0, 0.1) is 18.6 Å². The fourth-order valence-corrected chi connectivity index (χ4v) is 3.88. The Labute approximate surface area is 191 Å². The monoisotopic (exact) mass is 463 g/mol. The Morgan fingerprint density at radius 1 is 1.00 bits per heavy atom. The molecule has 0 bridgehead atoms. The van der Waals surface area contributed by atoms with Crippen molar-refractivity contribution in [3.8, 4) is 22.4 Å². The highest BCUT2D eigenvalue weighted by Crippen LogP contribution is 2.36. The quantitative estimate of drug-likeness (QED) is 0.389. The Morgan fingerprint density at radius 2 is 1.79 bits per heavy atom. The van der Waals surface area contributed by atoms with E-state index in [-0.39, 0.29) is 23.9 Å². The van der Waals surface area contributed by atoms with Crippen molar-refractivity contribution in [2.45, 2.75) is 13.3 Å². The minimum atomic E-state index is -0.453. The molecule has 33 heavy (non-hydrogen) atoms. The number of aryl methyl sites for hydroxylation is 1. The lowest BCUT2D eigenvalue weighted by Crippen LogP contribution is -2.06. The van der Waals surface area contributed by atoms with E-state index in [2.05, 4.69) is 25.0 Å². The van der Waals surface area contributed by atoms with E-state index >= 15 is 0 Å². The number of nitrogens with zero attached hydrogens (tertiary/aromatic N) is 6. The van der Waals surface area contributed by atoms with E-state index in [1.165, 1.54) is 35.0 Å². The number of anilines is 1. The fraction of sp³-hybridized carbons (Fsp3) is 0.0870. The summed E-state index contributed by atoms with van der Waals surface area (Å²) in [7, 11) is 0. The summed E-state index contributed by atoms with van der Waals surface area (Å²) in [6.07, 6.45) is 1.57. The number of rotatable bonds is 4. The number of hydrogen-bond donors (Lipinski definition) is 1. The van der Waals surface area contributed by atoms with Crippen LogP contribution < -0.4 is 5.73 Å². The molecule has 5 aromatic rings. The van der Waals surface area contributed by atoms with Crippen molar-refractivity contribution in [3.63, 3.8) is 0 Å². The van der Waals surface area contributed by atoms with E-state index in [1.807, 2.05) is 13.0 Å². The molecule has 5 rings (SSSR count). The summed E-state index contributed by atoms with van der Waals surface area (Å²) in [5.41, 5.74) is 9.89. The Bertz CT molecular complexity index is 1480. The van der Waals surface area contributed by atoms with Gasteiger partial charge in [0, 0.05) is 17.5 Å². The van der Waals surface area contributed by atoms with Crippen molar-refractivity contribution in [1.29, 1.82) is 0 Å². The van der Waals surface area contributed by atoms with Gasteiger partial charge in [-0.1, -0.05) is 11.6 Å². The van der Waals surface area contributed by atoms with Crippen LogP contribution in [0.5, 0.6) is 0 Å². The van der Waals surface area contributed by atoms with Gasteiger partial charge in [-0.25, -0.2) is 23.7 Å². The van der Waals surface area contributed by atoms with E-state index in [9.17, 15) is 8.78 Å². The molecule has 0 unspecified atom stereocenters. The predicted molar refractivity (Wildman–Crippen MR) is 121 cm³/mol. The molecule has 0 aliphatic rings. The van der Waals surface area contributed by atoms with Crippen molar-refractivity contribution in [2.75, 3.05) is 5.73 Å². The third kappa shape index (κ3) is 3.98. The molecule has 4 heterocycles. The number of nitrogen functional groups attached to an aromatic ring is 1. The average molecular weight is 464 g/mol. The van der Waals surface area contributed by atoms with Crippen LogP contribution in [0.3, 0.4) is 0 Å². The molecule has 1 aromatic carbocycles. The van der Waals surface area contributed by atoms with Gasteiger partial charge in [-0.15, -0.1) is 5.10 Å². The molecule has 0 saturated heterocycles. The number of fused-ring (bicyclic) bond motifs is 1. The van der Waals surface area contributed by atoms with Crippen molar-refractivity contribution in [2.24, 2.45) is 0 Å². The van der Waals surface area contributed by atoms with Gasteiger partial charge in [-0.3, -0.25) is 4.98 Å². The minimum absolute atomic E-state index is 0.0647. The normalized spacial score (nSPS) is 11.3. The first-order valence-corrected chi connectivity index (χ1v) is 10.3. The number of halogens is 3. The maximum Gasteiger partial charge on any atom is 0.223 e. The lowest BCUT2D eigenvalue weighted by atomic mass is 10.00. The number of hydrogen-bond acceptors (Lipinski definition) is 6. The molecular weight excluding hydrogens is 448 g/mol. The topological polar surface area (TPSA) is 94.9 Å². The van der Waals surface area contributed by atoms with Crippen molar-refractivity contribution < 1.29 is 8.78 Å². The highest BCUT2D eigenvalue weighted by Gasteiger charge is 2.21. The van der Waals surface area contributed by atoms with Gasteiger partial charge in [0.05, 0.1) is 23.4 Å². The van der Waals surface area contributed by atoms with E-state index < -0.39 is 5.82 Å². The van der Waals surface area contributed by atoms with Crippen LogP contribution in [0.2, 0.25) is 5.15 Å². The Kier molecular flexibility index (Phi) is 5.18. The van der Waals surface area contributed by atoms with E-state index in [4.69, 9.17) is 17.3 Å². The van der Waals surface area contributed by atoms with Gasteiger partial charge in [-0.2, -0.15) is 4.52 Å². The summed E-state index contributed by atoms with van der Waals surface area (Å²) >= 11 is 6.23. The van der Waals surface area contributed by atoms with Crippen LogP contribution in [0.1, 0.15) is 17.2 Å². The molecule has 0 saturated carbocycles. The minimum Gasteiger partial charge on any atom is -0.368 e. The third-order valence-corrected chi connectivity index (χ3v) is 5.24. The van der Waals surface area contributed by atoms with Gasteiger partial charge in [0.25, 0.3) is 0 Å². The van der Waals surface area contributed by atoms with Gasteiger partial charge in [0.15, 0.2) is 11.5 Å². The van der Waals surface area contributed by atoms with Crippen molar-refractivity contribution in [3.05, 3.63) is 88.7 Å². The van der Waals surface area contributed by atoms with E-state index in [0.717, 1.165) is 0 Å². The molecular formula is C23H16ClF2N7. The standard InChI is InChI=1S/C23H16ClF2N7/c1-12-9-14(10-18(24)29-12)20-21(13-4-6-15(25)7-5-13)31-23(27)33-22(20)30-19(32-33)11-17-16(26)3-2-8-28-17/h2-10H,11H2,1H3,(H2,27,31). The molecule has 4 aromatic heterocycles. The van der Waals surface area contributed by atoms with E-state index in [0.29, 0.717) is 44.7 Å². The molecule has 2 N–H and O–H groups in total. The zero-order valence-electron chi connectivity index (χ0n) is 17.3. The largest absolute Gasteiger partial charge is 0.368 e. The maximum atomic E-state index is 14.1. The van der Waals surface area contributed by atoms with Crippen LogP contribution in [0.4, 0.5) is 14.7 Å². The van der Waals surface area contributed by atoms with Gasteiger partial charge >= 0.3 is 0 Å². The van der Waals surface area contributed by atoms with Crippen molar-refractivity contribution >= 4 is 23.2 Å². The first-order valence-electron chi connectivity index (χ1n) is 9.94. The number of pyridine rings is 2. The third-order valence-electron chi connectivity index (χ3n) is 5.04. The molecule has 0 aliphatic carbocycles. The molecule has 0 atom stereocenters. The molecule has 0 fully saturated rings. The molecule has 0 radical (unpaired) electrons. The maximum absolute atomic E-state index is 14.1. The number of aromatic nitrogens is 6. The Morgan fingerprint density at radius 3 is 2.52 bits per heavy atom. The van der Waals surface area contributed by atoms with Crippen molar-refractivity contribution in [1.82, 2.24) is 29.5 Å². The van der Waals surface area contributed by atoms with Gasteiger partial charge in [0.1, 0.15) is 16.8 Å². The van der Waals surface area contributed by atoms with Crippen LogP contribution in [0.15, 0.2) is 54.7 Å². The smallest absolute Gasteiger partial charge is 0.223 e. The summed E-state index contributed by atoms with van der Waals surface area (Å²) < 4.78 is 29.1. The Hall–Kier alpha value is -3.98. The first kappa shape index (κ1) is 20.9. The number of nitrogens with two attached hydrogens (primary N) is 1. The van der Waals surface area contributed by atoms with Gasteiger partial charge in [-0.05, 0) is 61.0 Å². The molecule has 0 amide bonds. The second-order valence-corrected chi connectivity index (χ2v) is 7.78. The average Bonchev–Trinajstić information content (AvgIpc) is 3.19. The first-order chi connectivity index (χ1) is 15.9. The predicted octanol–water partition coefficient (Wildman–Crippen LogP) is 4.66. The number of benzene rings is 1. The zero-order valence-corrected chi connectivity index (χ0v) is 18.1. The molecule has 164 valence electrons. The van der Waals surface area contributed by atoms with Crippen LogP contribution >= 0.6 is 11.6 Å². The summed E-state index contributed by atoms with van der Waals surface area (Å²) in [4.78, 5) is 17.5. The second kappa shape index (κ2) is 8.18. The second-order valence-electron chi connectivity index (χ2n) is 7.39.